The van der Waals surface area contributed by atoms with Gasteiger partial charge in [-0.05, 0) is 79.6 Å². The number of aliphatic hydroxyl groups is 1. The standard InChI is InChI=1S/C29H33ClFNO4/c1-19-14-22(9-10-24(19)28(34)35)25-7-5-4-6-21(25)12-13-36-18-23(33)17-32-29(2,3)16-20-8-11-26(30)27(31)15-20/h4-11,14-15,23,32-33H,12-13,16-18H2,1-3H3,(H,34,35)/t23-/m0/s1. The highest BCUT2D eigenvalue weighted by atomic mass is 35.5. The Morgan fingerprint density at radius 2 is 1.89 bits per heavy atom. The molecule has 1 atom stereocenters. The molecule has 3 aromatic rings. The SMILES string of the molecule is Cc1cc(-c2ccccc2CCOC[C@@H](O)CNC(C)(C)Cc2ccc(Cl)c(F)c2)ccc1C(=O)O. The lowest BCUT2D eigenvalue weighted by Gasteiger charge is -2.28. The number of carbonyl (C=O) groups is 1. The molecule has 5 nitrogen and oxygen atoms in total. The summed E-state index contributed by atoms with van der Waals surface area (Å²) in [4.78, 5) is 11.3. The molecule has 3 aromatic carbocycles. The number of aromatic carboxylic acids is 1. The Morgan fingerprint density at radius 3 is 2.58 bits per heavy atom. The first-order valence-electron chi connectivity index (χ1n) is 11.9. The number of carboxylic acids is 1. The molecule has 0 heterocycles. The van der Waals surface area contributed by atoms with E-state index in [1.54, 1.807) is 25.1 Å². The first-order chi connectivity index (χ1) is 17.1. The fraction of sp³-hybridized carbons (Fsp3) is 0.345. The molecule has 0 fully saturated rings. The third-order valence-electron chi connectivity index (χ3n) is 6.06. The number of halogens is 2. The number of β-amino-alcohol motifs (C(OH)–C–C–N with tert-alkyl or cyclic N) is 1. The Bertz CT molecular complexity index is 1200. The zero-order valence-corrected chi connectivity index (χ0v) is 21.6. The summed E-state index contributed by atoms with van der Waals surface area (Å²) >= 11 is 5.76. The summed E-state index contributed by atoms with van der Waals surface area (Å²) in [6, 6.07) is 18.1. The molecule has 0 saturated heterocycles. The van der Waals surface area contributed by atoms with E-state index in [1.165, 1.54) is 6.07 Å². The molecule has 0 amide bonds. The van der Waals surface area contributed by atoms with Crippen LogP contribution in [0.3, 0.4) is 0 Å². The number of nitrogens with one attached hydrogen (secondary N) is 1. The van der Waals surface area contributed by atoms with Crippen molar-refractivity contribution in [1.82, 2.24) is 5.32 Å². The largest absolute Gasteiger partial charge is 0.478 e. The summed E-state index contributed by atoms with van der Waals surface area (Å²) in [5.41, 5.74) is 4.56. The third kappa shape index (κ3) is 7.87. The van der Waals surface area contributed by atoms with E-state index in [4.69, 9.17) is 16.3 Å². The molecule has 36 heavy (non-hydrogen) atoms. The van der Waals surface area contributed by atoms with Crippen LogP contribution in [-0.4, -0.2) is 47.6 Å². The van der Waals surface area contributed by atoms with Gasteiger partial charge in [-0.3, -0.25) is 0 Å². The van der Waals surface area contributed by atoms with Crippen LogP contribution in [0.5, 0.6) is 0 Å². The van der Waals surface area contributed by atoms with Crippen LogP contribution in [0.2, 0.25) is 5.02 Å². The number of hydrogen-bond donors (Lipinski definition) is 3. The monoisotopic (exact) mass is 513 g/mol. The predicted octanol–water partition coefficient (Wildman–Crippen LogP) is 5.68. The molecule has 0 saturated carbocycles. The highest BCUT2D eigenvalue weighted by Crippen LogP contribution is 2.26. The second-order valence-corrected chi connectivity index (χ2v) is 10.1. The van der Waals surface area contributed by atoms with Gasteiger partial charge >= 0.3 is 5.97 Å². The maximum Gasteiger partial charge on any atom is 0.335 e. The van der Waals surface area contributed by atoms with Crippen molar-refractivity contribution in [2.24, 2.45) is 0 Å². The van der Waals surface area contributed by atoms with Gasteiger partial charge in [-0.2, -0.15) is 0 Å². The van der Waals surface area contributed by atoms with Crippen molar-refractivity contribution in [1.29, 1.82) is 0 Å². The van der Waals surface area contributed by atoms with Crippen LogP contribution < -0.4 is 5.32 Å². The van der Waals surface area contributed by atoms with E-state index >= 15 is 0 Å². The minimum Gasteiger partial charge on any atom is -0.478 e. The normalized spacial score (nSPS) is 12.5. The van der Waals surface area contributed by atoms with Gasteiger partial charge in [0.1, 0.15) is 5.82 Å². The zero-order chi connectivity index (χ0) is 26.3. The molecule has 0 radical (unpaired) electrons. The van der Waals surface area contributed by atoms with Crippen molar-refractivity contribution < 1.29 is 24.1 Å². The quantitative estimate of drug-likeness (QED) is 0.271. The molecule has 0 bridgehead atoms. The maximum absolute atomic E-state index is 13.7. The van der Waals surface area contributed by atoms with E-state index in [-0.39, 0.29) is 17.2 Å². The predicted molar refractivity (Wildman–Crippen MR) is 141 cm³/mol. The van der Waals surface area contributed by atoms with Gasteiger partial charge in [0, 0.05) is 12.1 Å². The molecule has 0 aliphatic carbocycles. The topological polar surface area (TPSA) is 78.8 Å². The average Bonchev–Trinajstić information content (AvgIpc) is 2.83. The molecule has 0 aromatic heterocycles. The second-order valence-electron chi connectivity index (χ2n) is 9.66. The molecule has 3 N–H and O–H groups in total. The fourth-order valence-corrected chi connectivity index (χ4v) is 4.29. The number of carboxylic acid groups (broad SMARTS) is 1. The van der Waals surface area contributed by atoms with Gasteiger partial charge in [-0.1, -0.05) is 54.1 Å². The maximum atomic E-state index is 13.7. The Labute approximate surface area is 216 Å². The number of ether oxygens (including phenoxy) is 1. The summed E-state index contributed by atoms with van der Waals surface area (Å²) in [5, 5.41) is 23.1. The van der Waals surface area contributed by atoms with Gasteiger partial charge in [0.05, 0.1) is 29.9 Å². The van der Waals surface area contributed by atoms with Gasteiger partial charge in [0.2, 0.25) is 0 Å². The van der Waals surface area contributed by atoms with Crippen molar-refractivity contribution in [2.75, 3.05) is 19.8 Å². The minimum absolute atomic E-state index is 0.103. The van der Waals surface area contributed by atoms with Gasteiger partial charge in [0.15, 0.2) is 0 Å². The number of rotatable bonds is 12. The van der Waals surface area contributed by atoms with Crippen LogP contribution in [0.15, 0.2) is 60.7 Å². The van der Waals surface area contributed by atoms with E-state index in [0.29, 0.717) is 37.1 Å². The highest BCUT2D eigenvalue weighted by Gasteiger charge is 2.20. The minimum atomic E-state index is -0.934. The summed E-state index contributed by atoms with van der Waals surface area (Å²) in [7, 11) is 0. The van der Waals surface area contributed by atoms with E-state index < -0.39 is 17.9 Å². The van der Waals surface area contributed by atoms with Crippen molar-refractivity contribution in [3.05, 3.63) is 93.8 Å². The highest BCUT2D eigenvalue weighted by molar-refractivity contribution is 6.30. The van der Waals surface area contributed by atoms with Crippen molar-refractivity contribution >= 4 is 17.6 Å². The van der Waals surface area contributed by atoms with Crippen LogP contribution in [0.4, 0.5) is 4.39 Å². The summed E-state index contributed by atoms with van der Waals surface area (Å²) in [5.74, 6) is -1.37. The smallest absolute Gasteiger partial charge is 0.335 e. The summed E-state index contributed by atoms with van der Waals surface area (Å²) < 4.78 is 19.5. The fourth-order valence-electron chi connectivity index (χ4n) is 4.17. The van der Waals surface area contributed by atoms with E-state index in [9.17, 15) is 19.4 Å². The molecular weight excluding hydrogens is 481 g/mol. The van der Waals surface area contributed by atoms with Gasteiger partial charge in [0.25, 0.3) is 0 Å². The molecule has 3 rings (SSSR count). The van der Waals surface area contributed by atoms with Crippen molar-refractivity contribution in [3.63, 3.8) is 0 Å². The molecule has 192 valence electrons. The van der Waals surface area contributed by atoms with Crippen molar-refractivity contribution in [3.8, 4) is 11.1 Å². The Balaban J connectivity index is 1.48. The molecular formula is C29H33ClFNO4. The van der Waals surface area contributed by atoms with Gasteiger partial charge < -0.3 is 20.3 Å². The van der Waals surface area contributed by atoms with Crippen LogP contribution in [0.1, 0.15) is 40.9 Å². The number of benzene rings is 3. The number of hydrogen-bond acceptors (Lipinski definition) is 4. The van der Waals surface area contributed by atoms with Crippen LogP contribution in [0, 0.1) is 12.7 Å². The number of aryl methyl sites for hydroxylation is 1. The lowest BCUT2D eigenvalue weighted by molar-refractivity contribution is 0.0349. The summed E-state index contributed by atoms with van der Waals surface area (Å²) in [6.07, 6.45) is 0.551. The van der Waals surface area contributed by atoms with Crippen molar-refractivity contribution in [2.45, 2.75) is 45.3 Å². The lowest BCUT2D eigenvalue weighted by atomic mass is 9.94. The van der Waals surface area contributed by atoms with E-state index in [0.717, 1.165) is 22.3 Å². The van der Waals surface area contributed by atoms with Crippen LogP contribution in [0.25, 0.3) is 11.1 Å². The second kappa shape index (κ2) is 12.5. The third-order valence-corrected chi connectivity index (χ3v) is 6.36. The molecule has 0 spiro atoms. The molecule has 7 heteroatoms. The van der Waals surface area contributed by atoms with E-state index in [2.05, 4.69) is 5.32 Å². The number of aliphatic hydroxyl groups excluding tert-OH is 1. The lowest BCUT2D eigenvalue weighted by Crippen LogP contribution is -2.46. The summed E-state index contributed by atoms with van der Waals surface area (Å²) in [6.45, 7) is 6.75. The Morgan fingerprint density at radius 1 is 1.14 bits per heavy atom. The van der Waals surface area contributed by atoms with Crippen LogP contribution in [-0.2, 0) is 17.6 Å². The Kier molecular flexibility index (Phi) is 9.63. The molecule has 0 aliphatic rings. The van der Waals surface area contributed by atoms with Crippen LogP contribution >= 0.6 is 11.6 Å². The molecule has 0 unspecified atom stereocenters. The first-order valence-corrected chi connectivity index (χ1v) is 12.3. The van der Waals surface area contributed by atoms with Gasteiger partial charge in [-0.15, -0.1) is 0 Å². The molecule has 0 aliphatic heterocycles. The Hall–Kier alpha value is -2.77. The van der Waals surface area contributed by atoms with E-state index in [1.807, 2.05) is 50.2 Å². The first kappa shape index (κ1) is 27.8. The average molecular weight is 514 g/mol. The zero-order valence-electron chi connectivity index (χ0n) is 20.9. The van der Waals surface area contributed by atoms with Gasteiger partial charge in [-0.25, -0.2) is 9.18 Å².